The van der Waals surface area contributed by atoms with Crippen LogP contribution in [0.25, 0.3) is 0 Å². The standard InChI is InChI=1S/C22H26O2S3/c1-14-6-9-19-20(10-14)26-22(25-19)18-12-15-11-16(7-8-17(15)21(18)23)24-13-27(2,3,4)5/h6-11,27H,12-13H2,1-5H3/b22-18-. The highest BCUT2D eigenvalue weighted by atomic mass is 32.3. The van der Waals surface area contributed by atoms with Crippen LogP contribution in [-0.4, -0.2) is 36.7 Å². The van der Waals surface area contributed by atoms with Crippen LogP contribution >= 0.6 is 32.7 Å². The molecule has 27 heavy (non-hydrogen) atoms. The molecule has 2 aromatic rings. The maximum Gasteiger partial charge on any atom is 0.191 e. The molecule has 0 bridgehead atoms. The molecule has 0 spiro atoms. The summed E-state index contributed by atoms with van der Waals surface area (Å²) in [5.74, 6) is 1.81. The van der Waals surface area contributed by atoms with Crippen LogP contribution in [0.3, 0.4) is 0 Å². The zero-order chi connectivity index (χ0) is 19.4. The van der Waals surface area contributed by atoms with Crippen LogP contribution in [0.15, 0.2) is 56.0 Å². The van der Waals surface area contributed by atoms with Crippen molar-refractivity contribution in [1.82, 2.24) is 0 Å². The van der Waals surface area contributed by atoms with E-state index in [9.17, 15) is 4.79 Å². The van der Waals surface area contributed by atoms with E-state index in [4.69, 9.17) is 4.74 Å². The van der Waals surface area contributed by atoms with Gasteiger partial charge in [0.2, 0.25) is 0 Å². The van der Waals surface area contributed by atoms with Gasteiger partial charge in [-0.15, -0.1) is 0 Å². The molecular weight excluding hydrogens is 392 g/mol. The van der Waals surface area contributed by atoms with E-state index in [1.165, 1.54) is 15.4 Å². The summed E-state index contributed by atoms with van der Waals surface area (Å²) in [4.78, 5) is 15.5. The monoisotopic (exact) mass is 418 g/mol. The van der Waals surface area contributed by atoms with Gasteiger partial charge in [0.25, 0.3) is 0 Å². The van der Waals surface area contributed by atoms with E-state index >= 15 is 0 Å². The molecule has 0 atom stereocenters. The van der Waals surface area contributed by atoms with Gasteiger partial charge in [0.15, 0.2) is 5.78 Å². The first-order chi connectivity index (χ1) is 12.6. The Bertz CT molecular complexity index is 987. The summed E-state index contributed by atoms with van der Waals surface area (Å²) in [5, 5.41) is 0. The van der Waals surface area contributed by atoms with Crippen LogP contribution in [0, 0.1) is 6.92 Å². The highest BCUT2D eigenvalue weighted by molar-refractivity contribution is 8.47. The van der Waals surface area contributed by atoms with E-state index in [2.05, 4.69) is 56.2 Å². The Morgan fingerprint density at radius 1 is 1.00 bits per heavy atom. The minimum absolute atomic E-state index is 0.174. The zero-order valence-corrected chi connectivity index (χ0v) is 19.0. The van der Waals surface area contributed by atoms with E-state index in [1.54, 1.807) is 23.5 Å². The quantitative estimate of drug-likeness (QED) is 0.505. The summed E-state index contributed by atoms with van der Waals surface area (Å²) in [5.41, 5.74) is 4.11. The Balaban J connectivity index is 1.58. The fraction of sp³-hybridized carbons (Fsp3) is 0.318. The number of carbonyl (C=O) groups is 1. The number of allylic oxidation sites excluding steroid dienone is 1. The molecule has 2 aliphatic rings. The Morgan fingerprint density at radius 2 is 1.74 bits per heavy atom. The van der Waals surface area contributed by atoms with Gasteiger partial charge in [-0.05, 0) is 73.4 Å². The predicted octanol–water partition coefficient (Wildman–Crippen LogP) is 5.77. The Labute approximate surface area is 170 Å². The Kier molecular flexibility index (Phi) is 4.48. The Morgan fingerprint density at radius 3 is 2.48 bits per heavy atom. The largest absolute Gasteiger partial charge is 0.486 e. The minimum Gasteiger partial charge on any atom is -0.486 e. The molecule has 2 nitrogen and oxygen atoms in total. The first-order valence-corrected chi connectivity index (χ1v) is 14.9. The molecule has 0 N–H and O–H groups in total. The molecule has 144 valence electrons. The average molecular weight is 419 g/mol. The number of carbonyl (C=O) groups excluding carboxylic acids is 1. The second kappa shape index (κ2) is 6.36. The smallest absolute Gasteiger partial charge is 0.191 e. The third-order valence-corrected chi connectivity index (χ3v) is 8.25. The van der Waals surface area contributed by atoms with Crippen LogP contribution in [0.1, 0.15) is 21.5 Å². The number of aryl methyl sites for hydroxylation is 1. The van der Waals surface area contributed by atoms with Crippen LogP contribution < -0.4 is 4.74 Å². The maximum atomic E-state index is 13.0. The highest BCUT2D eigenvalue weighted by Crippen LogP contribution is 2.55. The first-order valence-electron chi connectivity index (χ1n) is 9.05. The summed E-state index contributed by atoms with van der Waals surface area (Å²) in [6, 6.07) is 12.4. The Hall–Kier alpha value is -1.30. The summed E-state index contributed by atoms with van der Waals surface area (Å²) < 4.78 is 7.21. The third kappa shape index (κ3) is 4.10. The molecule has 5 heteroatoms. The second-order valence-corrected chi connectivity index (χ2v) is 20.0. The van der Waals surface area contributed by atoms with E-state index in [0.29, 0.717) is 6.42 Å². The van der Waals surface area contributed by atoms with E-state index in [-0.39, 0.29) is 5.78 Å². The number of ketones is 1. The second-order valence-electron chi connectivity index (χ2n) is 9.47. The first kappa shape index (κ1) is 19.0. The topological polar surface area (TPSA) is 26.3 Å². The van der Waals surface area contributed by atoms with Gasteiger partial charge >= 0.3 is 0 Å². The van der Waals surface area contributed by atoms with Crippen LogP contribution in [-0.2, 0) is 6.42 Å². The van der Waals surface area contributed by atoms with Crippen molar-refractivity contribution in [2.24, 2.45) is 0 Å². The molecule has 0 radical (unpaired) electrons. The molecule has 0 unspecified atom stereocenters. The average Bonchev–Trinajstić information content (AvgIpc) is 3.12. The van der Waals surface area contributed by atoms with Crippen LogP contribution in [0.4, 0.5) is 0 Å². The molecule has 0 saturated heterocycles. The lowest BCUT2D eigenvalue weighted by Crippen LogP contribution is -2.19. The van der Waals surface area contributed by atoms with Gasteiger partial charge in [-0.25, -0.2) is 0 Å². The molecule has 2 aromatic carbocycles. The molecule has 0 aromatic heterocycles. The fourth-order valence-corrected chi connectivity index (χ4v) is 6.39. The summed E-state index contributed by atoms with van der Waals surface area (Å²) in [6.45, 7) is 2.11. The van der Waals surface area contributed by atoms with Crippen molar-refractivity contribution in [3.05, 3.63) is 62.9 Å². The number of thioether (sulfide) groups is 2. The maximum absolute atomic E-state index is 13.0. The van der Waals surface area contributed by atoms with Crippen molar-refractivity contribution in [2.75, 3.05) is 31.0 Å². The lowest BCUT2D eigenvalue weighted by Gasteiger charge is -2.46. The van der Waals surface area contributed by atoms with Gasteiger partial charge in [-0.1, -0.05) is 29.6 Å². The minimum atomic E-state index is -1.72. The third-order valence-electron chi connectivity index (χ3n) is 4.46. The molecule has 1 aliphatic carbocycles. The van der Waals surface area contributed by atoms with Crippen molar-refractivity contribution in [2.45, 2.75) is 23.1 Å². The SMILES string of the molecule is Cc1ccc2c(c1)S/C(=C1/Cc3cc(OC[SH](C)(C)(C)C)ccc3C1=O)S2. The summed E-state index contributed by atoms with van der Waals surface area (Å²) in [7, 11) is -1.72. The van der Waals surface area contributed by atoms with Gasteiger partial charge in [0.1, 0.15) is 11.7 Å². The number of rotatable bonds is 3. The van der Waals surface area contributed by atoms with Gasteiger partial charge < -0.3 is 4.74 Å². The lowest BCUT2D eigenvalue weighted by molar-refractivity contribution is 0.103. The van der Waals surface area contributed by atoms with Gasteiger partial charge in [0.05, 0.1) is 4.24 Å². The van der Waals surface area contributed by atoms with E-state index in [0.717, 1.165) is 32.6 Å². The molecule has 0 saturated carbocycles. The predicted molar refractivity (Wildman–Crippen MR) is 123 cm³/mol. The van der Waals surface area contributed by atoms with Crippen molar-refractivity contribution in [3.8, 4) is 5.75 Å². The molecular formula is C22H26O2S3. The number of thiol groups is 1. The number of fused-ring (bicyclic) bond motifs is 2. The summed E-state index contributed by atoms with van der Waals surface area (Å²) in [6.07, 6.45) is 9.92. The number of benzene rings is 2. The number of Topliss-reactive ketones (excluding diaryl/α,β-unsaturated/α-hetero) is 1. The zero-order valence-electron chi connectivity index (χ0n) is 16.5. The van der Waals surface area contributed by atoms with Crippen LogP contribution in [0.5, 0.6) is 5.75 Å². The number of ether oxygens (including phenoxy) is 1. The molecule has 0 amide bonds. The van der Waals surface area contributed by atoms with Crippen molar-refractivity contribution in [1.29, 1.82) is 0 Å². The molecule has 1 heterocycles. The van der Waals surface area contributed by atoms with Crippen molar-refractivity contribution >= 4 is 38.5 Å². The number of hydrogen-bond acceptors (Lipinski definition) is 4. The fourth-order valence-electron chi connectivity index (χ4n) is 3.08. The molecule has 0 fully saturated rings. The molecule has 4 rings (SSSR count). The van der Waals surface area contributed by atoms with Crippen molar-refractivity contribution in [3.63, 3.8) is 0 Å². The van der Waals surface area contributed by atoms with E-state index in [1.807, 2.05) is 12.1 Å². The normalized spacial score (nSPS) is 20.2. The summed E-state index contributed by atoms with van der Waals surface area (Å²) >= 11 is 3.46. The van der Waals surface area contributed by atoms with Crippen molar-refractivity contribution < 1.29 is 9.53 Å². The van der Waals surface area contributed by atoms with Crippen LogP contribution in [0.2, 0.25) is 0 Å². The van der Waals surface area contributed by atoms with Gasteiger partial charge in [-0.3, -0.25) is 14.0 Å². The van der Waals surface area contributed by atoms with Gasteiger partial charge in [-0.2, -0.15) is 0 Å². The lowest BCUT2D eigenvalue weighted by atomic mass is 10.1. The van der Waals surface area contributed by atoms with Gasteiger partial charge in [0, 0.05) is 27.3 Å². The molecule has 1 aliphatic heterocycles. The van der Waals surface area contributed by atoms with E-state index < -0.39 is 9.16 Å². The number of hydrogen-bond donors (Lipinski definition) is 1. The highest BCUT2D eigenvalue weighted by Gasteiger charge is 2.31.